The third-order valence-electron chi connectivity index (χ3n) is 3.74. The van der Waals surface area contributed by atoms with Crippen LogP contribution in [0.3, 0.4) is 0 Å². The minimum Gasteiger partial charge on any atom is -0.330 e. The molecule has 0 radical (unpaired) electrons. The van der Waals surface area contributed by atoms with E-state index < -0.39 is 0 Å². The minimum atomic E-state index is 0.738. The Labute approximate surface area is 131 Å². The first kappa shape index (κ1) is 14.5. The van der Waals surface area contributed by atoms with Crippen molar-refractivity contribution in [1.29, 1.82) is 0 Å². The number of imidazole rings is 1. The number of aromatic nitrogens is 2. The highest BCUT2D eigenvalue weighted by Crippen LogP contribution is 2.18. The van der Waals surface area contributed by atoms with Gasteiger partial charge in [-0.3, -0.25) is 0 Å². The third kappa shape index (κ3) is 3.26. The van der Waals surface area contributed by atoms with Crippen molar-refractivity contribution in [3.05, 3.63) is 66.0 Å². The maximum absolute atomic E-state index is 5.61. The molecule has 3 rings (SSSR count). The molecule has 112 valence electrons. The fourth-order valence-corrected chi connectivity index (χ4v) is 2.61. The van der Waals surface area contributed by atoms with Gasteiger partial charge in [-0.05, 0) is 43.2 Å². The molecule has 0 bridgehead atoms. The maximum Gasteiger partial charge on any atom is 0.133 e. The molecule has 0 aliphatic carbocycles. The van der Waals surface area contributed by atoms with Crippen LogP contribution in [0.5, 0.6) is 0 Å². The number of nitrogens with two attached hydrogens (primary N) is 1. The second kappa shape index (κ2) is 7.05. The number of para-hydroxylation sites is 2. The molecule has 0 atom stereocenters. The number of fused-ring (bicyclic) bond motifs is 1. The van der Waals surface area contributed by atoms with Crippen LogP contribution in [-0.2, 0) is 6.54 Å². The van der Waals surface area contributed by atoms with Crippen molar-refractivity contribution in [1.82, 2.24) is 9.55 Å². The largest absolute Gasteiger partial charge is 0.330 e. The van der Waals surface area contributed by atoms with E-state index in [0.29, 0.717) is 0 Å². The van der Waals surface area contributed by atoms with E-state index in [-0.39, 0.29) is 0 Å². The first-order valence-corrected chi connectivity index (χ1v) is 7.77. The Morgan fingerprint density at radius 1 is 0.909 bits per heavy atom. The molecule has 3 nitrogen and oxygen atoms in total. The summed E-state index contributed by atoms with van der Waals surface area (Å²) in [5, 5.41) is 0. The van der Waals surface area contributed by atoms with Crippen molar-refractivity contribution in [3.8, 4) is 0 Å². The standard InChI is InChI=1S/C19H21N3/c20-14-6-7-15-22-18-11-5-4-10-17(18)21-19(22)13-12-16-8-2-1-3-9-16/h1-5,8-13H,6-7,14-15,20H2/b13-12+. The predicted molar refractivity (Wildman–Crippen MR) is 93.4 cm³/mol. The molecule has 0 aliphatic rings. The van der Waals surface area contributed by atoms with Crippen molar-refractivity contribution in [2.75, 3.05) is 6.54 Å². The van der Waals surface area contributed by atoms with Crippen molar-refractivity contribution in [2.45, 2.75) is 19.4 Å². The van der Waals surface area contributed by atoms with Crippen LogP contribution in [0.2, 0.25) is 0 Å². The summed E-state index contributed by atoms with van der Waals surface area (Å²) in [6.07, 6.45) is 6.32. The first-order chi connectivity index (χ1) is 10.9. The Morgan fingerprint density at radius 3 is 2.50 bits per heavy atom. The Balaban J connectivity index is 1.93. The number of aryl methyl sites for hydroxylation is 1. The van der Waals surface area contributed by atoms with E-state index in [1.165, 1.54) is 11.1 Å². The fraction of sp³-hybridized carbons (Fsp3) is 0.211. The normalized spacial score (nSPS) is 11.5. The Bertz CT molecular complexity index is 757. The number of benzene rings is 2. The molecule has 22 heavy (non-hydrogen) atoms. The Hall–Kier alpha value is -2.39. The topological polar surface area (TPSA) is 43.8 Å². The van der Waals surface area contributed by atoms with Crippen molar-refractivity contribution in [2.24, 2.45) is 5.73 Å². The second-order valence-electron chi connectivity index (χ2n) is 5.35. The van der Waals surface area contributed by atoms with E-state index in [9.17, 15) is 0 Å². The van der Waals surface area contributed by atoms with Gasteiger partial charge in [0, 0.05) is 6.54 Å². The van der Waals surface area contributed by atoms with Gasteiger partial charge in [0.25, 0.3) is 0 Å². The average molecular weight is 291 g/mol. The Kier molecular flexibility index (Phi) is 4.66. The quantitative estimate of drug-likeness (QED) is 0.699. The highest BCUT2D eigenvalue weighted by Gasteiger charge is 2.07. The SMILES string of the molecule is NCCCCn1c(/C=C/c2ccccc2)nc2ccccc21. The van der Waals surface area contributed by atoms with Crippen LogP contribution in [0.25, 0.3) is 23.2 Å². The van der Waals surface area contributed by atoms with Gasteiger partial charge in [-0.15, -0.1) is 0 Å². The first-order valence-electron chi connectivity index (χ1n) is 7.77. The van der Waals surface area contributed by atoms with Crippen molar-refractivity contribution < 1.29 is 0 Å². The summed E-state index contributed by atoms with van der Waals surface area (Å²) in [6.45, 7) is 1.69. The van der Waals surface area contributed by atoms with Crippen LogP contribution in [0.4, 0.5) is 0 Å². The van der Waals surface area contributed by atoms with E-state index in [1.54, 1.807) is 0 Å². The summed E-state index contributed by atoms with van der Waals surface area (Å²) in [4.78, 5) is 4.75. The van der Waals surface area contributed by atoms with Gasteiger partial charge in [0.1, 0.15) is 5.82 Å². The molecular formula is C19H21N3. The Morgan fingerprint density at radius 2 is 1.68 bits per heavy atom. The van der Waals surface area contributed by atoms with E-state index in [0.717, 1.165) is 37.3 Å². The number of hydrogen-bond acceptors (Lipinski definition) is 2. The fourth-order valence-electron chi connectivity index (χ4n) is 2.61. The molecule has 0 aliphatic heterocycles. The van der Waals surface area contributed by atoms with Gasteiger partial charge in [-0.25, -0.2) is 4.98 Å². The van der Waals surface area contributed by atoms with E-state index in [2.05, 4.69) is 47.1 Å². The number of nitrogens with zero attached hydrogens (tertiary/aromatic N) is 2. The second-order valence-corrected chi connectivity index (χ2v) is 5.35. The smallest absolute Gasteiger partial charge is 0.133 e. The summed E-state index contributed by atoms with van der Waals surface area (Å²) in [5.74, 6) is 1.00. The molecule has 0 saturated heterocycles. The zero-order chi connectivity index (χ0) is 15.2. The van der Waals surface area contributed by atoms with Crippen molar-refractivity contribution in [3.63, 3.8) is 0 Å². The summed E-state index contributed by atoms with van der Waals surface area (Å²) in [5.41, 5.74) is 9.03. The van der Waals surface area contributed by atoms with Gasteiger partial charge < -0.3 is 10.3 Å². The van der Waals surface area contributed by atoms with E-state index in [1.807, 2.05) is 24.3 Å². The number of hydrogen-bond donors (Lipinski definition) is 1. The lowest BCUT2D eigenvalue weighted by molar-refractivity contribution is 0.623. The lowest BCUT2D eigenvalue weighted by atomic mass is 10.2. The predicted octanol–water partition coefficient (Wildman–Crippen LogP) is 3.95. The molecule has 0 saturated carbocycles. The molecule has 1 heterocycles. The average Bonchev–Trinajstić information content (AvgIpc) is 2.92. The van der Waals surface area contributed by atoms with Crippen LogP contribution in [0, 0.1) is 0 Å². The number of rotatable bonds is 6. The van der Waals surface area contributed by atoms with Crippen LogP contribution in [-0.4, -0.2) is 16.1 Å². The summed E-state index contributed by atoms with van der Waals surface area (Å²) in [7, 11) is 0. The lowest BCUT2D eigenvalue weighted by Crippen LogP contribution is -2.04. The van der Waals surface area contributed by atoms with Gasteiger partial charge in [0.05, 0.1) is 11.0 Å². The molecule has 2 N–H and O–H groups in total. The van der Waals surface area contributed by atoms with Crippen LogP contribution in [0.1, 0.15) is 24.2 Å². The molecule has 1 aromatic heterocycles. The molecule has 0 amide bonds. The van der Waals surface area contributed by atoms with Crippen LogP contribution < -0.4 is 5.73 Å². The molecule has 0 spiro atoms. The summed E-state index contributed by atoms with van der Waals surface area (Å²) in [6, 6.07) is 18.6. The number of unbranched alkanes of at least 4 members (excludes halogenated alkanes) is 1. The van der Waals surface area contributed by atoms with Crippen molar-refractivity contribution >= 4 is 23.2 Å². The van der Waals surface area contributed by atoms with Gasteiger partial charge in [-0.2, -0.15) is 0 Å². The van der Waals surface area contributed by atoms with Gasteiger partial charge in [0.2, 0.25) is 0 Å². The molecule has 0 unspecified atom stereocenters. The van der Waals surface area contributed by atoms with Gasteiger partial charge in [-0.1, -0.05) is 48.5 Å². The summed E-state index contributed by atoms with van der Waals surface area (Å²) < 4.78 is 2.28. The van der Waals surface area contributed by atoms with E-state index >= 15 is 0 Å². The van der Waals surface area contributed by atoms with Gasteiger partial charge in [0.15, 0.2) is 0 Å². The molecule has 0 fully saturated rings. The zero-order valence-electron chi connectivity index (χ0n) is 12.7. The summed E-state index contributed by atoms with van der Waals surface area (Å²) >= 11 is 0. The maximum atomic E-state index is 5.61. The van der Waals surface area contributed by atoms with Gasteiger partial charge >= 0.3 is 0 Å². The molecule has 2 aromatic carbocycles. The monoisotopic (exact) mass is 291 g/mol. The molecular weight excluding hydrogens is 270 g/mol. The van der Waals surface area contributed by atoms with Crippen LogP contribution in [0.15, 0.2) is 54.6 Å². The minimum absolute atomic E-state index is 0.738. The molecule has 3 heteroatoms. The third-order valence-corrected chi connectivity index (χ3v) is 3.74. The highest BCUT2D eigenvalue weighted by atomic mass is 15.1. The highest BCUT2D eigenvalue weighted by molar-refractivity contribution is 5.79. The zero-order valence-corrected chi connectivity index (χ0v) is 12.7. The molecule has 3 aromatic rings. The van der Waals surface area contributed by atoms with Crippen LogP contribution >= 0.6 is 0 Å². The lowest BCUT2D eigenvalue weighted by Gasteiger charge is -2.06. The van der Waals surface area contributed by atoms with E-state index in [4.69, 9.17) is 10.7 Å².